The third kappa shape index (κ3) is 1.96. The summed E-state index contributed by atoms with van der Waals surface area (Å²) in [6.45, 7) is 0. The van der Waals surface area contributed by atoms with Crippen molar-refractivity contribution >= 4 is 5.71 Å². The summed E-state index contributed by atoms with van der Waals surface area (Å²) in [5, 5.41) is 4.06. The van der Waals surface area contributed by atoms with Crippen molar-refractivity contribution in [1.29, 1.82) is 0 Å². The van der Waals surface area contributed by atoms with E-state index in [1.54, 1.807) is 14.2 Å². The molecule has 0 spiro atoms. The predicted octanol–water partition coefficient (Wildman–Crippen LogP) is 2.38. The Morgan fingerprint density at radius 1 is 1.20 bits per heavy atom. The molecule has 15 heavy (non-hydrogen) atoms. The average molecular weight is 205 g/mol. The number of benzene rings is 1. The molecule has 0 heterocycles. The highest BCUT2D eigenvalue weighted by Gasteiger charge is 2.16. The summed E-state index contributed by atoms with van der Waals surface area (Å²) < 4.78 is 5.20. The molecule has 1 aromatic carbocycles. The average Bonchev–Trinajstić information content (AvgIpc) is 2.29. The normalized spacial score (nSPS) is 17.3. The predicted molar refractivity (Wildman–Crippen MR) is 59.5 cm³/mol. The number of methoxy groups -OCH3 is 1. The zero-order chi connectivity index (χ0) is 10.7. The number of rotatable bonds is 2. The molecule has 0 aromatic heterocycles. The van der Waals surface area contributed by atoms with Gasteiger partial charge in [0.2, 0.25) is 0 Å². The molecule has 0 bridgehead atoms. The molecule has 0 unspecified atom stereocenters. The molecule has 2 rings (SSSR count). The van der Waals surface area contributed by atoms with Gasteiger partial charge >= 0.3 is 0 Å². The quantitative estimate of drug-likeness (QED) is 0.694. The summed E-state index contributed by atoms with van der Waals surface area (Å²) in [7, 11) is 3.28. The Kier molecular flexibility index (Phi) is 2.90. The van der Waals surface area contributed by atoms with Gasteiger partial charge in [0.05, 0.1) is 12.8 Å². The van der Waals surface area contributed by atoms with Crippen LogP contribution in [0.15, 0.2) is 23.4 Å². The van der Waals surface area contributed by atoms with Gasteiger partial charge in [-0.3, -0.25) is 0 Å². The molecule has 0 radical (unpaired) electrons. The third-order valence-corrected chi connectivity index (χ3v) is 2.68. The highest BCUT2D eigenvalue weighted by atomic mass is 16.6. The van der Waals surface area contributed by atoms with Gasteiger partial charge in [0.1, 0.15) is 12.9 Å². The van der Waals surface area contributed by atoms with Gasteiger partial charge in [-0.2, -0.15) is 0 Å². The topological polar surface area (TPSA) is 30.8 Å². The second-order valence-electron chi connectivity index (χ2n) is 3.60. The minimum absolute atomic E-state index is 0.910. The lowest BCUT2D eigenvalue weighted by Crippen LogP contribution is -2.12. The summed E-state index contributed by atoms with van der Waals surface area (Å²) in [5.41, 5.74) is 3.54. The fourth-order valence-corrected chi connectivity index (χ4v) is 1.97. The zero-order valence-corrected chi connectivity index (χ0v) is 9.12. The summed E-state index contributed by atoms with van der Waals surface area (Å²) in [6, 6.07) is 6.11. The van der Waals surface area contributed by atoms with E-state index in [1.165, 1.54) is 11.1 Å². The van der Waals surface area contributed by atoms with Crippen LogP contribution in [-0.2, 0) is 11.3 Å². The zero-order valence-electron chi connectivity index (χ0n) is 9.12. The van der Waals surface area contributed by atoms with Crippen molar-refractivity contribution < 1.29 is 9.57 Å². The standard InChI is InChI=1S/C12H15NO2/c1-14-10-6-7-11-9(8-10)4-3-5-12(11)13-15-2/h6-8H,3-5H2,1-2H3/b13-12-. The maximum Gasteiger partial charge on any atom is 0.119 e. The van der Waals surface area contributed by atoms with Gasteiger partial charge in [-0.05, 0) is 43.0 Å². The van der Waals surface area contributed by atoms with Gasteiger partial charge in [0.25, 0.3) is 0 Å². The number of aryl methyl sites for hydroxylation is 1. The summed E-state index contributed by atoms with van der Waals surface area (Å²) in [5.74, 6) is 0.910. The first-order chi connectivity index (χ1) is 7.35. The van der Waals surface area contributed by atoms with Crippen molar-refractivity contribution in [2.75, 3.05) is 14.2 Å². The minimum atomic E-state index is 0.910. The SMILES string of the molecule is CO/N=C1/CCCc2cc(OC)ccc21. The molecule has 0 amide bonds. The van der Waals surface area contributed by atoms with Crippen LogP contribution in [0.4, 0.5) is 0 Å². The lowest BCUT2D eigenvalue weighted by molar-refractivity contribution is 0.212. The highest BCUT2D eigenvalue weighted by Crippen LogP contribution is 2.25. The number of hydrogen-bond acceptors (Lipinski definition) is 3. The van der Waals surface area contributed by atoms with Gasteiger partial charge < -0.3 is 9.57 Å². The van der Waals surface area contributed by atoms with E-state index in [2.05, 4.69) is 17.3 Å². The maximum absolute atomic E-state index is 5.20. The summed E-state index contributed by atoms with van der Waals surface area (Å²) >= 11 is 0. The van der Waals surface area contributed by atoms with Crippen molar-refractivity contribution in [3.05, 3.63) is 29.3 Å². The lowest BCUT2D eigenvalue weighted by Gasteiger charge is -2.17. The van der Waals surface area contributed by atoms with Crippen LogP contribution in [0, 0.1) is 0 Å². The number of hydrogen-bond donors (Lipinski definition) is 0. The molecule has 1 aromatic rings. The van der Waals surface area contributed by atoms with Crippen molar-refractivity contribution in [3.8, 4) is 5.75 Å². The Balaban J connectivity index is 2.41. The van der Waals surface area contributed by atoms with Crippen LogP contribution in [0.5, 0.6) is 5.75 Å². The van der Waals surface area contributed by atoms with Gasteiger partial charge in [-0.25, -0.2) is 0 Å². The number of ether oxygens (including phenoxy) is 1. The van der Waals surface area contributed by atoms with Crippen LogP contribution < -0.4 is 4.74 Å². The summed E-state index contributed by atoms with van der Waals surface area (Å²) in [6.07, 6.45) is 3.21. The molecular formula is C12H15NO2. The molecule has 3 nitrogen and oxygen atoms in total. The van der Waals surface area contributed by atoms with E-state index in [4.69, 9.17) is 9.57 Å². The second-order valence-corrected chi connectivity index (χ2v) is 3.60. The fourth-order valence-electron chi connectivity index (χ4n) is 1.97. The Bertz CT molecular complexity index is 385. The molecule has 1 aliphatic rings. The summed E-state index contributed by atoms with van der Waals surface area (Å²) in [4.78, 5) is 4.85. The van der Waals surface area contributed by atoms with Crippen LogP contribution >= 0.6 is 0 Å². The minimum Gasteiger partial charge on any atom is -0.497 e. The molecule has 0 saturated heterocycles. The third-order valence-electron chi connectivity index (χ3n) is 2.68. The van der Waals surface area contributed by atoms with Crippen LogP contribution in [0.25, 0.3) is 0 Å². The van der Waals surface area contributed by atoms with E-state index in [0.29, 0.717) is 0 Å². The number of fused-ring (bicyclic) bond motifs is 1. The van der Waals surface area contributed by atoms with Crippen molar-refractivity contribution in [3.63, 3.8) is 0 Å². The molecule has 0 aliphatic heterocycles. The fraction of sp³-hybridized carbons (Fsp3) is 0.417. The molecule has 0 atom stereocenters. The molecule has 0 fully saturated rings. The van der Waals surface area contributed by atoms with Crippen molar-refractivity contribution in [2.24, 2.45) is 5.16 Å². The van der Waals surface area contributed by atoms with Crippen LogP contribution in [0.3, 0.4) is 0 Å². The molecule has 0 N–H and O–H groups in total. The van der Waals surface area contributed by atoms with Crippen LogP contribution in [0.1, 0.15) is 24.0 Å². The van der Waals surface area contributed by atoms with Crippen molar-refractivity contribution in [1.82, 2.24) is 0 Å². The van der Waals surface area contributed by atoms with Gasteiger partial charge in [0, 0.05) is 5.56 Å². The second kappa shape index (κ2) is 4.34. The monoisotopic (exact) mass is 205 g/mol. The Labute approximate surface area is 89.7 Å². The van der Waals surface area contributed by atoms with Gasteiger partial charge in [-0.1, -0.05) is 5.16 Å². The van der Waals surface area contributed by atoms with Crippen LogP contribution in [0.2, 0.25) is 0 Å². The van der Waals surface area contributed by atoms with Gasteiger partial charge in [0.15, 0.2) is 0 Å². The Hall–Kier alpha value is -1.51. The first-order valence-corrected chi connectivity index (χ1v) is 5.12. The van der Waals surface area contributed by atoms with E-state index in [-0.39, 0.29) is 0 Å². The number of oxime groups is 1. The number of nitrogens with zero attached hydrogens (tertiary/aromatic N) is 1. The largest absolute Gasteiger partial charge is 0.497 e. The molecule has 80 valence electrons. The smallest absolute Gasteiger partial charge is 0.119 e. The van der Waals surface area contributed by atoms with Gasteiger partial charge in [-0.15, -0.1) is 0 Å². The van der Waals surface area contributed by atoms with E-state index >= 15 is 0 Å². The molecule has 1 aliphatic carbocycles. The van der Waals surface area contributed by atoms with E-state index < -0.39 is 0 Å². The highest BCUT2D eigenvalue weighted by molar-refractivity contribution is 6.02. The Morgan fingerprint density at radius 2 is 2.07 bits per heavy atom. The first-order valence-electron chi connectivity index (χ1n) is 5.12. The van der Waals surface area contributed by atoms with E-state index in [1.807, 2.05) is 6.07 Å². The first kappa shape index (κ1) is 10.0. The lowest BCUT2D eigenvalue weighted by atomic mass is 9.90. The Morgan fingerprint density at radius 3 is 2.80 bits per heavy atom. The van der Waals surface area contributed by atoms with Crippen molar-refractivity contribution in [2.45, 2.75) is 19.3 Å². The van der Waals surface area contributed by atoms with Crippen LogP contribution in [-0.4, -0.2) is 19.9 Å². The molecule has 3 heteroatoms. The van der Waals surface area contributed by atoms with E-state index in [0.717, 1.165) is 30.7 Å². The molecule has 0 saturated carbocycles. The van der Waals surface area contributed by atoms with E-state index in [9.17, 15) is 0 Å². The molecular weight excluding hydrogens is 190 g/mol. The maximum atomic E-state index is 5.20.